The van der Waals surface area contributed by atoms with E-state index < -0.39 is 47.9 Å². The van der Waals surface area contributed by atoms with Crippen LogP contribution >= 0.6 is 0 Å². The highest BCUT2D eigenvalue weighted by Crippen LogP contribution is 2.44. The van der Waals surface area contributed by atoms with Crippen molar-refractivity contribution in [2.75, 3.05) is 15.5 Å². The average molecular weight is 632 g/mol. The lowest BCUT2D eigenvalue weighted by molar-refractivity contribution is -0.138. The van der Waals surface area contributed by atoms with Crippen molar-refractivity contribution in [3.63, 3.8) is 0 Å². The van der Waals surface area contributed by atoms with Crippen LogP contribution < -0.4 is 15.5 Å². The van der Waals surface area contributed by atoms with Gasteiger partial charge in [0.25, 0.3) is 5.91 Å². The van der Waals surface area contributed by atoms with Crippen molar-refractivity contribution in [3.8, 4) is 0 Å². The molecule has 6 nitrogen and oxygen atoms in total. The molecule has 0 aromatic heterocycles. The molecule has 2 amide bonds. The molecule has 1 saturated carbocycles. The summed E-state index contributed by atoms with van der Waals surface area (Å²) in [6.07, 6.45) is -1.27. The topological polar surface area (TPSA) is 81.7 Å². The normalized spacial score (nSPS) is 18.0. The highest BCUT2D eigenvalue weighted by molar-refractivity contribution is 6.09. The van der Waals surface area contributed by atoms with Crippen molar-refractivity contribution in [3.05, 3.63) is 124 Å². The van der Waals surface area contributed by atoms with Crippen molar-refractivity contribution < 1.29 is 32.3 Å². The fourth-order valence-electron chi connectivity index (χ4n) is 6.33. The molecule has 238 valence electrons. The van der Waals surface area contributed by atoms with Crippen molar-refractivity contribution in [1.29, 1.82) is 0 Å². The van der Waals surface area contributed by atoms with Crippen molar-refractivity contribution >= 4 is 28.9 Å². The minimum Gasteiger partial charge on any atom is -0.392 e. The monoisotopic (exact) mass is 631 g/mol. The molecule has 46 heavy (non-hydrogen) atoms. The Hall–Kier alpha value is -4.70. The second-order valence-corrected chi connectivity index (χ2v) is 11.9. The SMILES string of the molecule is Cc1cccc(F)c1C(=O)N1c2ccccc2C[C@H](C(=O)Nc2ccc(CO)c(C(F)(F)F)c2)C1c1ccc(NC2CCC2)cc1. The van der Waals surface area contributed by atoms with Gasteiger partial charge in [0, 0.05) is 23.1 Å². The molecule has 0 saturated heterocycles. The van der Waals surface area contributed by atoms with Gasteiger partial charge in [0.1, 0.15) is 5.82 Å². The van der Waals surface area contributed by atoms with Gasteiger partial charge in [-0.1, -0.05) is 48.5 Å². The zero-order valence-corrected chi connectivity index (χ0v) is 25.1. The van der Waals surface area contributed by atoms with Gasteiger partial charge < -0.3 is 15.7 Å². The van der Waals surface area contributed by atoms with Gasteiger partial charge in [-0.3, -0.25) is 14.5 Å². The zero-order valence-electron chi connectivity index (χ0n) is 25.1. The number of nitrogens with zero attached hydrogens (tertiary/aromatic N) is 1. The molecule has 1 aliphatic heterocycles. The minimum absolute atomic E-state index is 0.102. The molecule has 2 aliphatic rings. The molecule has 0 spiro atoms. The number of hydrogen-bond acceptors (Lipinski definition) is 4. The van der Waals surface area contributed by atoms with E-state index in [0.717, 1.165) is 37.1 Å². The molecule has 0 radical (unpaired) electrons. The Labute approximate surface area is 264 Å². The Balaban J connectivity index is 1.44. The van der Waals surface area contributed by atoms with Crippen LogP contribution in [0.4, 0.5) is 34.6 Å². The van der Waals surface area contributed by atoms with Crippen LogP contribution in [-0.4, -0.2) is 23.0 Å². The molecular weight excluding hydrogens is 598 g/mol. The number of fused-ring (bicyclic) bond motifs is 1. The number of anilines is 3. The number of aliphatic hydroxyl groups excluding tert-OH is 1. The number of benzene rings is 4. The van der Waals surface area contributed by atoms with Gasteiger partial charge in [-0.05, 0) is 91.3 Å². The second kappa shape index (κ2) is 12.6. The summed E-state index contributed by atoms with van der Waals surface area (Å²) >= 11 is 0. The molecule has 6 rings (SSSR count). The van der Waals surface area contributed by atoms with Crippen molar-refractivity contribution in [2.24, 2.45) is 5.92 Å². The third kappa shape index (κ3) is 6.09. The first-order chi connectivity index (χ1) is 22.0. The van der Waals surface area contributed by atoms with Crippen LogP contribution in [0, 0.1) is 18.7 Å². The van der Waals surface area contributed by atoms with Crippen LogP contribution in [0.1, 0.15) is 63.5 Å². The molecule has 1 fully saturated rings. The van der Waals surface area contributed by atoms with Crippen molar-refractivity contribution in [2.45, 2.75) is 57.5 Å². The number of alkyl halides is 3. The second-order valence-electron chi connectivity index (χ2n) is 11.9. The molecule has 2 atom stereocenters. The highest BCUT2D eigenvalue weighted by atomic mass is 19.4. The van der Waals surface area contributed by atoms with E-state index in [1.807, 2.05) is 24.3 Å². The summed E-state index contributed by atoms with van der Waals surface area (Å²) in [4.78, 5) is 29.9. The first kappa shape index (κ1) is 31.3. The lowest BCUT2D eigenvalue weighted by Crippen LogP contribution is -2.47. The number of rotatable bonds is 7. The maximum Gasteiger partial charge on any atom is 0.416 e. The molecule has 1 heterocycles. The Morgan fingerprint density at radius 2 is 1.65 bits per heavy atom. The predicted octanol–water partition coefficient (Wildman–Crippen LogP) is 7.81. The lowest BCUT2D eigenvalue weighted by Gasteiger charge is -2.42. The standard InChI is InChI=1S/C36H33F4N3O3/c1-21-6-4-10-30(37)32(21)35(46)43-31-11-3-2-7-23(31)18-28(33(43)22-12-15-26(16-13-22)41-25-8-5-9-25)34(45)42-27-17-14-24(20-44)29(19-27)36(38,39)40/h2-4,6-7,10-17,19,25,28,33,41,44H,5,8-9,18,20H2,1H3,(H,42,45)/t28-,33?/m0/s1. The molecule has 1 unspecified atom stereocenters. The van der Waals surface area contributed by atoms with Crippen LogP contribution in [0.15, 0.2) is 84.9 Å². The lowest BCUT2D eigenvalue weighted by atomic mass is 9.80. The highest BCUT2D eigenvalue weighted by Gasteiger charge is 2.43. The first-order valence-electron chi connectivity index (χ1n) is 15.2. The van der Waals surface area contributed by atoms with Gasteiger partial charge in [0.15, 0.2) is 0 Å². The summed E-state index contributed by atoms with van der Waals surface area (Å²) in [5.74, 6) is -2.89. The number of amides is 2. The van der Waals surface area contributed by atoms with E-state index in [0.29, 0.717) is 28.4 Å². The van der Waals surface area contributed by atoms with Gasteiger partial charge in [0.05, 0.1) is 29.7 Å². The van der Waals surface area contributed by atoms with E-state index in [9.17, 15) is 27.9 Å². The Kier molecular flexibility index (Phi) is 8.57. The molecular formula is C36H33F4N3O3. The first-order valence-corrected chi connectivity index (χ1v) is 15.2. The number of halogens is 4. The molecule has 10 heteroatoms. The van der Waals surface area contributed by atoms with Crippen molar-refractivity contribution in [1.82, 2.24) is 0 Å². The van der Waals surface area contributed by atoms with E-state index in [1.54, 1.807) is 37.3 Å². The summed E-state index contributed by atoms with van der Waals surface area (Å²) in [6.45, 7) is 0.823. The number of para-hydroxylation sites is 1. The summed E-state index contributed by atoms with van der Waals surface area (Å²) in [5.41, 5.74) is 1.51. The molecule has 4 aromatic carbocycles. The van der Waals surface area contributed by atoms with Gasteiger partial charge in [-0.15, -0.1) is 0 Å². The third-order valence-corrected chi connectivity index (χ3v) is 8.92. The van der Waals surface area contributed by atoms with E-state index >= 15 is 4.39 Å². The van der Waals surface area contributed by atoms with Crippen LogP contribution in [0.5, 0.6) is 0 Å². The fraction of sp³-hybridized carbons (Fsp3) is 0.278. The van der Waals surface area contributed by atoms with Gasteiger partial charge in [-0.2, -0.15) is 13.2 Å². The molecule has 3 N–H and O–H groups in total. The Bertz CT molecular complexity index is 1750. The number of nitrogens with one attached hydrogen (secondary N) is 2. The average Bonchev–Trinajstić information content (AvgIpc) is 3.01. The van der Waals surface area contributed by atoms with Crippen LogP contribution in [-0.2, 0) is 24.0 Å². The van der Waals surface area contributed by atoms with Crippen LogP contribution in [0.25, 0.3) is 0 Å². The summed E-state index contributed by atoms with van der Waals surface area (Å²) < 4.78 is 56.5. The fourth-order valence-corrected chi connectivity index (χ4v) is 6.33. The van der Waals surface area contributed by atoms with E-state index in [1.165, 1.54) is 23.1 Å². The number of aliphatic hydroxyl groups is 1. The Morgan fingerprint density at radius 1 is 0.935 bits per heavy atom. The zero-order chi connectivity index (χ0) is 32.6. The predicted molar refractivity (Wildman–Crippen MR) is 168 cm³/mol. The summed E-state index contributed by atoms with van der Waals surface area (Å²) in [5, 5.41) is 15.6. The Morgan fingerprint density at radius 3 is 2.30 bits per heavy atom. The third-order valence-electron chi connectivity index (χ3n) is 8.92. The van der Waals surface area contributed by atoms with E-state index in [2.05, 4.69) is 10.6 Å². The van der Waals surface area contributed by atoms with Crippen LogP contribution in [0.2, 0.25) is 0 Å². The van der Waals surface area contributed by atoms with Crippen LogP contribution in [0.3, 0.4) is 0 Å². The van der Waals surface area contributed by atoms with E-state index in [-0.39, 0.29) is 23.2 Å². The largest absolute Gasteiger partial charge is 0.416 e. The molecule has 4 aromatic rings. The molecule has 0 bridgehead atoms. The maximum absolute atomic E-state index is 15.3. The minimum atomic E-state index is -4.75. The summed E-state index contributed by atoms with van der Waals surface area (Å²) in [7, 11) is 0. The van der Waals surface area contributed by atoms with Gasteiger partial charge in [0.2, 0.25) is 5.91 Å². The number of carbonyl (C=O) groups is 2. The van der Waals surface area contributed by atoms with Gasteiger partial charge >= 0.3 is 6.18 Å². The maximum atomic E-state index is 15.3. The van der Waals surface area contributed by atoms with Gasteiger partial charge in [-0.25, -0.2) is 4.39 Å². The summed E-state index contributed by atoms with van der Waals surface area (Å²) in [6, 6.07) is 21.5. The number of carbonyl (C=O) groups excluding carboxylic acids is 2. The smallest absolute Gasteiger partial charge is 0.392 e. The van der Waals surface area contributed by atoms with E-state index in [4.69, 9.17) is 0 Å². The number of hydrogen-bond donors (Lipinski definition) is 3. The number of aryl methyl sites for hydroxylation is 1. The quantitative estimate of drug-likeness (QED) is 0.182. The molecule has 1 aliphatic carbocycles.